The van der Waals surface area contributed by atoms with Gasteiger partial charge in [-0.05, 0) is 50.2 Å². The lowest BCUT2D eigenvalue weighted by molar-refractivity contribution is 0.183. The number of hydrogen-bond acceptors (Lipinski definition) is 7. The largest absolute Gasteiger partial charge is 0.491 e. The summed E-state index contributed by atoms with van der Waals surface area (Å²) in [5, 5.41) is 3.23. The molecule has 4 heterocycles. The Morgan fingerprint density at radius 2 is 1.81 bits per heavy atom. The van der Waals surface area contributed by atoms with Crippen molar-refractivity contribution in [3.63, 3.8) is 0 Å². The van der Waals surface area contributed by atoms with Crippen LogP contribution in [-0.2, 0) is 0 Å². The van der Waals surface area contributed by atoms with Crippen molar-refractivity contribution in [3.8, 4) is 11.6 Å². The van der Waals surface area contributed by atoms with Gasteiger partial charge in [0.2, 0.25) is 0 Å². The zero-order valence-electron chi connectivity index (χ0n) is 17.3. The first-order chi connectivity index (χ1) is 15.3. The second kappa shape index (κ2) is 9.09. The molecule has 0 saturated carbocycles. The van der Waals surface area contributed by atoms with E-state index in [0.717, 1.165) is 29.1 Å². The maximum atomic E-state index is 5.86. The molecule has 0 unspecified atom stereocenters. The summed E-state index contributed by atoms with van der Waals surface area (Å²) in [6.45, 7) is 4.01. The molecule has 1 fully saturated rings. The van der Waals surface area contributed by atoms with Crippen LogP contribution in [0.15, 0.2) is 61.3 Å². The van der Waals surface area contributed by atoms with Gasteiger partial charge >= 0.3 is 0 Å². The first kappa shape index (κ1) is 19.4. The van der Waals surface area contributed by atoms with E-state index in [9.17, 15) is 0 Å². The Morgan fingerprint density at radius 1 is 0.903 bits per heavy atom. The molecule has 0 spiro atoms. The highest BCUT2D eigenvalue weighted by Crippen LogP contribution is 2.20. The summed E-state index contributed by atoms with van der Waals surface area (Å²) in [5.74, 6) is 2.87. The van der Waals surface area contributed by atoms with Gasteiger partial charge in [-0.15, -0.1) is 0 Å². The summed E-state index contributed by atoms with van der Waals surface area (Å²) in [5.41, 5.74) is 1.92. The Morgan fingerprint density at radius 3 is 2.68 bits per heavy atom. The van der Waals surface area contributed by atoms with E-state index in [0.29, 0.717) is 18.2 Å². The van der Waals surface area contributed by atoms with Crippen LogP contribution in [0.1, 0.15) is 19.3 Å². The highest BCUT2D eigenvalue weighted by atomic mass is 16.5. The number of imidazole rings is 1. The van der Waals surface area contributed by atoms with Gasteiger partial charge in [0.1, 0.15) is 42.5 Å². The molecule has 5 rings (SSSR count). The number of aromatic nitrogens is 5. The molecular weight excluding hydrogens is 390 g/mol. The number of pyridine rings is 1. The van der Waals surface area contributed by atoms with Gasteiger partial charge in [-0.25, -0.2) is 19.9 Å². The SMILES string of the molecule is c1ccc2c(c1)ncn2-c1cc(Nc2ccc(OCCN3CCCCC3)cn2)ncn1. The summed E-state index contributed by atoms with van der Waals surface area (Å²) in [6.07, 6.45) is 8.98. The Labute approximate surface area is 180 Å². The number of nitrogens with one attached hydrogen (secondary N) is 1. The minimum atomic E-state index is 0.661. The van der Waals surface area contributed by atoms with Gasteiger partial charge in [-0.2, -0.15) is 0 Å². The number of likely N-dealkylation sites (tertiary alicyclic amines) is 1. The molecule has 31 heavy (non-hydrogen) atoms. The summed E-state index contributed by atoms with van der Waals surface area (Å²) in [4.78, 5) is 20.0. The van der Waals surface area contributed by atoms with Crippen molar-refractivity contribution < 1.29 is 4.74 Å². The number of benzene rings is 1. The lowest BCUT2D eigenvalue weighted by atomic mass is 10.1. The van der Waals surface area contributed by atoms with Gasteiger partial charge in [0.25, 0.3) is 0 Å². The molecule has 0 amide bonds. The van der Waals surface area contributed by atoms with Gasteiger partial charge in [0.15, 0.2) is 0 Å². The molecular formula is C23H25N7O. The average molecular weight is 416 g/mol. The molecule has 0 radical (unpaired) electrons. The third-order valence-corrected chi connectivity index (χ3v) is 5.47. The minimum absolute atomic E-state index is 0.661. The number of piperidine rings is 1. The Kier molecular flexibility index (Phi) is 5.70. The van der Waals surface area contributed by atoms with Crippen LogP contribution in [0.3, 0.4) is 0 Å². The van der Waals surface area contributed by atoms with Gasteiger partial charge in [0, 0.05) is 12.6 Å². The molecule has 1 saturated heterocycles. The first-order valence-corrected chi connectivity index (χ1v) is 10.7. The lowest BCUT2D eigenvalue weighted by Crippen LogP contribution is -2.33. The normalized spacial score (nSPS) is 14.6. The highest BCUT2D eigenvalue weighted by Gasteiger charge is 2.10. The fourth-order valence-electron chi connectivity index (χ4n) is 3.84. The van der Waals surface area contributed by atoms with E-state index >= 15 is 0 Å². The van der Waals surface area contributed by atoms with Crippen LogP contribution in [0, 0.1) is 0 Å². The van der Waals surface area contributed by atoms with Gasteiger partial charge in [-0.1, -0.05) is 18.6 Å². The molecule has 0 atom stereocenters. The second-order valence-electron chi connectivity index (χ2n) is 7.62. The molecule has 1 aliphatic rings. The van der Waals surface area contributed by atoms with Crippen molar-refractivity contribution in [1.82, 2.24) is 29.4 Å². The van der Waals surface area contributed by atoms with Crippen LogP contribution in [-0.4, -0.2) is 55.6 Å². The number of ether oxygens (including phenoxy) is 1. The topological polar surface area (TPSA) is 81.0 Å². The van der Waals surface area contributed by atoms with E-state index in [1.807, 2.05) is 47.0 Å². The van der Waals surface area contributed by atoms with E-state index in [-0.39, 0.29) is 0 Å². The van der Waals surface area contributed by atoms with Crippen molar-refractivity contribution in [3.05, 3.63) is 61.3 Å². The number of rotatable bonds is 7. The van der Waals surface area contributed by atoms with E-state index in [1.54, 1.807) is 12.5 Å². The molecule has 8 nitrogen and oxygen atoms in total. The van der Waals surface area contributed by atoms with E-state index < -0.39 is 0 Å². The van der Waals surface area contributed by atoms with Gasteiger partial charge in [0.05, 0.1) is 17.2 Å². The number of para-hydroxylation sites is 2. The van der Waals surface area contributed by atoms with Crippen molar-refractivity contribution in [2.24, 2.45) is 0 Å². The van der Waals surface area contributed by atoms with Crippen molar-refractivity contribution >= 4 is 22.7 Å². The molecule has 1 aliphatic heterocycles. The third kappa shape index (κ3) is 4.64. The summed E-state index contributed by atoms with van der Waals surface area (Å²) in [6, 6.07) is 13.6. The monoisotopic (exact) mass is 415 g/mol. The predicted octanol–water partition coefficient (Wildman–Crippen LogP) is 3.82. The van der Waals surface area contributed by atoms with Crippen molar-refractivity contribution in [2.45, 2.75) is 19.3 Å². The van der Waals surface area contributed by atoms with Crippen LogP contribution in [0.2, 0.25) is 0 Å². The summed E-state index contributed by atoms with van der Waals surface area (Å²) >= 11 is 0. The molecule has 0 bridgehead atoms. The molecule has 8 heteroatoms. The average Bonchev–Trinajstić information content (AvgIpc) is 3.25. The fourth-order valence-corrected chi connectivity index (χ4v) is 3.84. The standard InChI is InChI=1S/C23H25N7O/c1-4-10-29(11-5-1)12-13-31-18-8-9-21(24-15-18)28-22-14-23(26-16-25-22)30-17-27-19-6-2-3-7-20(19)30/h2-3,6-9,14-17H,1,4-5,10-13H2,(H,24,25,26,28). The van der Waals surface area contributed by atoms with Crippen molar-refractivity contribution in [2.75, 3.05) is 31.6 Å². The maximum absolute atomic E-state index is 5.86. The van der Waals surface area contributed by atoms with Crippen LogP contribution in [0.5, 0.6) is 5.75 Å². The van der Waals surface area contributed by atoms with Crippen LogP contribution in [0.4, 0.5) is 11.6 Å². The van der Waals surface area contributed by atoms with E-state index in [1.165, 1.54) is 38.7 Å². The van der Waals surface area contributed by atoms with Crippen LogP contribution < -0.4 is 10.1 Å². The molecule has 0 aliphatic carbocycles. The van der Waals surface area contributed by atoms with Gasteiger partial charge in [-0.3, -0.25) is 9.47 Å². The highest BCUT2D eigenvalue weighted by molar-refractivity contribution is 5.77. The summed E-state index contributed by atoms with van der Waals surface area (Å²) in [7, 11) is 0. The van der Waals surface area contributed by atoms with Gasteiger partial charge < -0.3 is 10.1 Å². The molecule has 158 valence electrons. The molecule has 1 N–H and O–H groups in total. The lowest BCUT2D eigenvalue weighted by Gasteiger charge is -2.26. The Bertz CT molecular complexity index is 1140. The quantitative estimate of drug-likeness (QED) is 0.491. The number of nitrogens with zero attached hydrogens (tertiary/aromatic N) is 6. The van der Waals surface area contributed by atoms with Crippen molar-refractivity contribution in [1.29, 1.82) is 0 Å². The summed E-state index contributed by atoms with van der Waals surface area (Å²) < 4.78 is 7.79. The number of fused-ring (bicyclic) bond motifs is 1. The molecule has 4 aromatic rings. The zero-order valence-corrected chi connectivity index (χ0v) is 17.3. The molecule has 3 aromatic heterocycles. The van der Waals surface area contributed by atoms with E-state index in [4.69, 9.17) is 4.74 Å². The van der Waals surface area contributed by atoms with E-state index in [2.05, 4.69) is 30.2 Å². The third-order valence-electron chi connectivity index (χ3n) is 5.47. The zero-order chi connectivity index (χ0) is 20.9. The predicted molar refractivity (Wildman–Crippen MR) is 120 cm³/mol. The number of anilines is 2. The van der Waals surface area contributed by atoms with Crippen LogP contribution >= 0.6 is 0 Å². The first-order valence-electron chi connectivity index (χ1n) is 10.7. The maximum Gasteiger partial charge on any atom is 0.143 e. The Balaban J connectivity index is 1.21. The fraction of sp³-hybridized carbons (Fsp3) is 0.304. The minimum Gasteiger partial charge on any atom is -0.491 e. The second-order valence-corrected chi connectivity index (χ2v) is 7.62. The van der Waals surface area contributed by atoms with Crippen LogP contribution in [0.25, 0.3) is 16.9 Å². The smallest absolute Gasteiger partial charge is 0.143 e. The number of hydrogen-bond donors (Lipinski definition) is 1. The Hall–Kier alpha value is -3.52. The molecule has 1 aromatic carbocycles.